The molecule has 4 rings (SSSR count). The third-order valence-corrected chi connectivity index (χ3v) is 6.51. The molecule has 1 aromatic rings. The molecule has 1 heterocycles. The predicted octanol–water partition coefficient (Wildman–Crippen LogP) is 2.20. The van der Waals surface area contributed by atoms with Crippen LogP contribution < -0.4 is 10.6 Å². The fourth-order valence-corrected chi connectivity index (χ4v) is 5.88. The lowest BCUT2D eigenvalue weighted by Gasteiger charge is -2.37. The zero-order chi connectivity index (χ0) is 17.2. The predicted molar refractivity (Wildman–Crippen MR) is 90.4 cm³/mol. The molecule has 4 atom stereocenters. The zero-order valence-corrected chi connectivity index (χ0v) is 14.6. The van der Waals surface area contributed by atoms with Crippen LogP contribution in [0, 0.1) is 23.7 Å². The molecule has 2 amide bonds. The Hall–Kier alpha value is -1.91. The highest BCUT2D eigenvalue weighted by Gasteiger charge is 2.79. The summed E-state index contributed by atoms with van der Waals surface area (Å²) < 4.78 is 0. The highest BCUT2D eigenvalue weighted by atomic mass is 16.2. The number of aromatic nitrogens is 1. The molecule has 2 N–H and O–H groups in total. The number of carbonyl (C=O) groups excluding carboxylic acids is 2. The number of fused-ring (bicyclic) bond motifs is 1. The van der Waals surface area contributed by atoms with Gasteiger partial charge in [0.15, 0.2) is 0 Å². The van der Waals surface area contributed by atoms with Crippen LogP contribution in [0.25, 0.3) is 0 Å². The molecule has 4 unspecified atom stereocenters. The van der Waals surface area contributed by atoms with Crippen LogP contribution in [0.15, 0.2) is 18.2 Å². The van der Waals surface area contributed by atoms with E-state index in [-0.39, 0.29) is 28.2 Å². The van der Waals surface area contributed by atoms with Gasteiger partial charge in [0, 0.05) is 18.3 Å². The minimum Gasteiger partial charge on any atom is -0.359 e. The van der Waals surface area contributed by atoms with Gasteiger partial charge in [-0.1, -0.05) is 13.0 Å². The summed E-state index contributed by atoms with van der Waals surface area (Å²) in [5, 5.41) is 6.14. The lowest BCUT2D eigenvalue weighted by Crippen LogP contribution is -2.44. The van der Waals surface area contributed by atoms with Gasteiger partial charge in [-0.2, -0.15) is 0 Å². The Morgan fingerprint density at radius 3 is 2.71 bits per heavy atom. The van der Waals surface area contributed by atoms with Crippen molar-refractivity contribution in [3.63, 3.8) is 0 Å². The number of hydrogen-bond acceptors (Lipinski definition) is 3. The molecular weight excluding hydrogens is 302 g/mol. The molecule has 0 aliphatic heterocycles. The third-order valence-electron chi connectivity index (χ3n) is 6.51. The first kappa shape index (κ1) is 15.6. The van der Waals surface area contributed by atoms with Crippen LogP contribution in [0.2, 0.25) is 0 Å². The molecule has 2 bridgehead atoms. The molecule has 1 aromatic heterocycles. The van der Waals surface area contributed by atoms with E-state index in [2.05, 4.69) is 22.5 Å². The molecule has 0 radical (unpaired) electrons. The normalized spacial score (nSPS) is 39.0. The van der Waals surface area contributed by atoms with Gasteiger partial charge in [-0.25, -0.2) is 4.98 Å². The number of pyridine rings is 1. The van der Waals surface area contributed by atoms with Gasteiger partial charge < -0.3 is 10.6 Å². The summed E-state index contributed by atoms with van der Waals surface area (Å²) in [4.78, 5) is 29.6. The Kier molecular flexibility index (Phi) is 3.12. The first-order valence-corrected chi connectivity index (χ1v) is 8.82. The van der Waals surface area contributed by atoms with Crippen LogP contribution in [-0.2, 0) is 4.79 Å². The van der Waals surface area contributed by atoms with Gasteiger partial charge in [-0.3, -0.25) is 9.59 Å². The number of amides is 2. The van der Waals surface area contributed by atoms with Crippen molar-refractivity contribution in [1.82, 2.24) is 15.6 Å². The Morgan fingerprint density at radius 1 is 1.21 bits per heavy atom. The van der Waals surface area contributed by atoms with E-state index in [9.17, 15) is 9.59 Å². The van der Waals surface area contributed by atoms with Crippen molar-refractivity contribution in [3.05, 3.63) is 29.6 Å². The molecule has 3 fully saturated rings. The molecule has 1 spiro atoms. The largest absolute Gasteiger partial charge is 0.359 e. The van der Waals surface area contributed by atoms with Gasteiger partial charge in [0.25, 0.3) is 5.91 Å². The minimum atomic E-state index is -0.308. The highest BCUT2D eigenvalue weighted by Crippen LogP contribution is 2.78. The monoisotopic (exact) mass is 327 g/mol. The highest BCUT2D eigenvalue weighted by molar-refractivity contribution is 5.94. The van der Waals surface area contributed by atoms with Crippen LogP contribution >= 0.6 is 0 Å². The van der Waals surface area contributed by atoms with Crippen LogP contribution in [0.4, 0.5) is 0 Å². The molecule has 5 nitrogen and oxygen atoms in total. The van der Waals surface area contributed by atoms with Crippen LogP contribution in [0.3, 0.4) is 0 Å². The summed E-state index contributed by atoms with van der Waals surface area (Å²) in [6.07, 6.45) is 4.70. The van der Waals surface area contributed by atoms with Gasteiger partial charge in [0.1, 0.15) is 5.69 Å². The van der Waals surface area contributed by atoms with Gasteiger partial charge in [-0.05, 0) is 62.5 Å². The first-order chi connectivity index (χ1) is 11.3. The molecule has 5 heteroatoms. The number of nitrogens with zero attached hydrogens (tertiary/aromatic N) is 1. The number of nitrogens with one attached hydrogen (secondary N) is 2. The quantitative estimate of drug-likeness (QED) is 0.894. The van der Waals surface area contributed by atoms with E-state index in [0.29, 0.717) is 11.6 Å². The minimum absolute atomic E-state index is 0.108. The van der Waals surface area contributed by atoms with Crippen molar-refractivity contribution in [2.75, 3.05) is 7.05 Å². The number of rotatable bonds is 3. The molecule has 3 aliphatic rings. The second kappa shape index (κ2) is 4.80. The Balaban J connectivity index is 1.61. The van der Waals surface area contributed by atoms with Crippen molar-refractivity contribution in [3.8, 4) is 0 Å². The maximum atomic E-state index is 12.7. The summed E-state index contributed by atoms with van der Waals surface area (Å²) in [5.41, 5.74) is 0.891. The molecule has 128 valence electrons. The first-order valence-electron chi connectivity index (χ1n) is 8.82. The second-order valence-corrected chi connectivity index (χ2v) is 8.38. The lowest BCUT2D eigenvalue weighted by molar-refractivity contribution is -0.133. The lowest BCUT2D eigenvalue weighted by atomic mass is 9.67. The smallest absolute Gasteiger partial charge is 0.270 e. The standard InChI is InChI=1S/C19H25N3O2/c1-12-7-17(16(24)20-3)9-18(8-12)11-19(18,10-17)22-15(23)14-6-4-5-13(2)21-14/h4-6,12H,7-11H2,1-3H3,(H,20,24)(H,22,23). The van der Waals surface area contributed by atoms with Gasteiger partial charge in [0.2, 0.25) is 5.91 Å². The number of hydrogen-bond donors (Lipinski definition) is 2. The van der Waals surface area contributed by atoms with Crippen LogP contribution in [0.1, 0.15) is 55.2 Å². The van der Waals surface area contributed by atoms with E-state index in [0.717, 1.165) is 37.8 Å². The van der Waals surface area contributed by atoms with Crippen LogP contribution in [-0.4, -0.2) is 29.4 Å². The van der Waals surface area contributed by atoms with Crippen molar-refractivity contribution in [1.29, 1.82) is 0 Å². The Bertz CT molecular complexity index is 733. The zero-order valence-electron chi connectivity index (χ0n) is 14.6. The van der Waals surface area contributed by atoms with E-state index < -0.39 is 0 Å². The van der Waals surface area contributed by atoms with Crippen molar-refractivity contribution in [2.24, 2.45) is 16.7 Å². The van der Waals surface area contributed by atoms with E-state index in [1.54, 1.807) is 13.1 Å². The van der Waals surface area contributed by atoms with Crippen molar-refractivity contribution >= 4 is 11.8 Å². The van der Waals surface area contributed by atoms with E-state index in [4.69, 9.17) is 0 Å². The molecule has 0 aromatic carbocycles. The summed E-state index contributed by atoms with van der Waals surface area (Å²) in [5.74, 6) is 0.556. The molecular formula is C19H25N3O2. The van der Waals surface area contributed by atoms with E-state index in [1.807, 2.05) is 19.1 Å². The second-order valence-electron chi connectivity index (χ2n) is 8.38. The summed E-state index contributed by atoms with van der Waals surface area (Å²) in [7, 11) is 1.72. The fraction of sp³-hybridized carbons (Fsp3) is 0.632. The number of aryl methyl sites for hydroxylation is 1. The maximum Gasteiger partial charge on any atom is 0.270 e. The van der Waals surface area contributed by atoms with Crippen LogP contribution in [0.5, 0.6) is 0 Å². The SMILES string of the molecule is CNC(=O)C12CC(C)CC3(C1)CC3(NC(=O)c1cccc(C)n1)C2. The fourth-order valence-electron chi connectivity index (χ4n) is 5.88. The van der Waals surface area contributed by atoms with Crippen molar-refractivity contribution in [2.45, 2.75) is 51.5 Å². The van der Waals surface area contributed by atoms with Gasteiger partial charge in [-0.15, -0.1) is 0 Å². The molecule has 3 saturated carbocycles. The number of carbonyl (C=O) groups is 2. The van der Waals surface area contributed by atoms with E-state index in [1.165, 1.54) is 0 Å². The maximum absolute atomic E-state index is 12.7. The summed E-state index contributed by atoms with van der Waals surface area (Å²) in [6, 6.07) is 5.50. The van der Waals surface area contributed by atoms with E-state index >= 15 is 0 Å². The third kappa shape index (κ3) is 2.03. The van der Waals surface area contributed by atoms with Gasteiger partial charge >= 0.3 is 0 Å². The van der Waals surface area contributed by atoms with Crippen molar-refractivity contribution < 1.29 is 9.59 Å². The molecule has 24 heavy (non-hydrogen) atoms. The summed E-state index contributed by atoms with van der Waals surface area (Å²) >= 11 is 0. The summed E-state index contributed by atoms with van der Waals surface area (Å²) in [6.45, 7) is 4.12. The Morgan fingerprint density at radius 2 is 2.00 bits per heavy atom. The Labute approximate surface area is 142 Å². The topological polar surface area (TPSA) is 71.1 Å². The molecule has 3 aliphatic carbocycles. The molecule has 0 saturated heterocycles. The average Bonchev–Trinajstić information content (AvgIpc) is 3.01. The average molecular weight is 327 g/mol. The van der Waals surface area contributed by atoms with Gasteiger partial charge in [0.05, 0.1) is 5.41 Å².